The molecule has 0 bridgehead atoms. The van der Waals surface area contributed by atoms with E-state index >= 15 is 0 Å². The molecule has 0 aliphatic heterocycles. The molecular formula is C26H23F4N3O2. The van der Waals surface area contributed by atoms with Crippen molar-refractivity contribution in [3.8, 4) is 0 Å². The highest BCUT2D eigenvalue weighted by atomic mass is 19.4. The number of halogens is 4. The van der Waals surface area contributed by atoms with Crippen LogP contribution >= 0.6 is 0 Å². The van der Waals surface area contributed by atoms with E-state index in [-0.39, 0.29) is 35.8 Å². The third-order valence-electron chi connectivity index (χ3n) is 5.80. The molecule has 0 atom stereocenters. The Labute approximate surface area is 199 Å². The van der Waals surface area contributed by atoms with Crippen molar-refractivity contribution in [2.45, 2.75) is 31.9 Å². The Balaban J connectivity index is 1.42. The molecule has 1 amide bonds. The van der Waals surface area contributed by atoms with Crippen molar-refractivity contribution >= 4 is 28.9 Å². The minimum absolute atomic E-state index is 0.0381. The standard InChI is InChI=1S/C26H23F4N3O2/c1-33(21-9-10-31-24(15-21)32-25(35)17-5-6-17)20-8-7-18(23(27)14-20)13-22(34)12-16-3-2-4-19(11-16)26(28,29)30/h2-4,7-11,14-15,17H,5-6,12-13H2,1H3,(H,31,32,35). The van der Waals surface area contributed by atoms with Gasteiger partial charge < -0.3 is 10.2 Å². The Hall–Kier alpha value is -3.75. The van der Waals surface area contributed by atoms with Gasteiger partial charge in [0, 0.05) is 49.4 Å². The Kier molecular flexibility index (Phi) is 6.86. The lowest BCUT2D eigenvalue weighted by atomic mass is 10.0. The van der Waals surface area contributed by atoms with Crippen LogP contribution in [0.4, 0.5) is 34.8 Å². The maximum atomic E-state index is 14.8. The molecular weight excluding hydrogens is 462 g/mol. The molecule has 1 aromatic heterocycles. The predicted molar refractivity (Wildman–Crippen MR) is 124 cm³/mol. The summed E-state index contributed by atoms with van der Waals surface area (Å²) in [6, 6.07) is 12.4. The summed E-state index contributed by atoms with van der Waals surface area (Å²) in [6.45, 7) is 0. The Morgan fingerprint density at radius 2 is 1.77 bits per heavy atom. The summed E-state index contributed by atoms with van der Waals surface area (Å²) in [4.78, 5) is 30.3. The number of pyridine rings is 1. The van der Waals surface area contributed by atoms with Crippen LogP contribution in [0.5, 0.6) is 0 Å². The second-order valence-electron chi connectivity index (χ2n) is 8.59. The lowest BCUT2D eigenvalue weighted by molar-refractivity contribution is -0.137. The van der Waals surface area contributed by atoms with E-state index in [1.54, 1.807) is 36.3 Å². The van der Waals surface area contributed by atoms with Gasteiger partial charge in [-0.05, 0) is 48.2 Å². The Bertz CT molecular complexity index is 1260. The summed E-state index contributed by atoms with van der Waals surface area (Å²) in [5.74, 6) is -0.611. The summed E-state index contributed by atoms with van der Waals surface area (Å²) < 4.78 is 53.4. The highest BCUT2D eigenvalue weighted by molar-refractivity contribution is 5.93. The number of ketones is 1. The number of carbonyl (C=O) groups is 2. The average molecular weight is 485 g/mol. The fourth-order valence-corrected chi connectivity index (χ4v) is 3.67. The normalized spacial score (nSPS) is 13.4. The number of rotatable bonds is 8. The molecule has 1 aliphatic carbocycles. The number of nitrogens with zero attached hydrogens (tertiary/aromatic N) is 2. The maximum Gasteiger partial charge on any atom is 0.416 e. The molecule has 4 rings (SSSR count). The quantitative estimate of drug-likeness (QED) is 0.415. The molecule has 3 aromatic rings. The maximum absolute atomic E-state index is 14.8. The molecule has 2 aromatic carbocycles. The van der Waals surface area contributed by atoms with Gasteiger partial charge >= 0.3 is 6.18 Å². The molecule has 0 saturated heterocycles. The minimum atomic E-state index is -4.49. The lowest BCUT2D eigenvalue weighted by Gasteiger charge is -2.20. The van der Waals surface area contributed by atoms with Gasteiger partial charge in [-0.15, -0.1) is 0 Å². The molecule has 9 heteroatoms. The number of Topliss-reactive ketones (excluding diaryl/α,β-unsaturated/α-hetero) is 1. The van der Waals surface area contributed by atoms with E-state index in [4.69, 9.17) is 0 Å². The number of benzene rings is 2. The molecule has 0 unspecified atom stereocenters. The van der Waals surface area contributed by atoms with Crippen LogP contribution in [0.3, 0.4) is 0 Å². The number of anilines is 3. The summed E-state index contributed by atoms with van der Waals surface area (Å²) in [5.41, 5.74) is 0.754. The first kappa shape index (κ1) is 24.4. The van der Waals surface area contributed by atoms with Gasteiger partial charge in [0.05, 0.1) is 5.56 Å². The molecule has 182 valence electrons. The number of alkyl halides is 3. The Morgan fingerprint density at radius 1 is 1.03 bits per heavy atom. The first-order chi connectivity index (χ1) is 16.6. The van der Waals surface area contributed by atoms with Crippen molar-refractivity contribution in [1.82, 2.24) is 4.98 Å². The third kappa shape index (κ3) is 6.23. The van der Waals surface area contributed by atoms with Gasteiger partial charge in [0.25, 0.3) is 0 Å². The van der Waals surface area contributed by atoms with Gasteiger partial charge in [-0.3, -0.25) is 9.59 Å². The van der Waals surface area contributed by atoms with Crippen molar-refractivity contribution in [2.24, 2.45) is 5.92 Å². The van der Waals surface area contributed by atoms with Crippen LogP contribution in [-0.4, -0.2) is 23.7 Å². The molecule has 0 radical (unpaired) electrons. The number of hydrogen-bond donors (Lipinski definition) is 1. The minimum Gasteiger partial charge on any atom is -0.344 e. The Morgan fingerprint density at radius 3 is 2.46 bits per heavy atom. The molecule has 1 saturated carbocycles. The second kappa shape index (κ2) is 9.85. The third-order valence-corrected chi connectivity index (χ3v) is 5.80. The molecule has 1 fully saturated rings. The first-order valence-electron chi connectivity index (χ1n) is 11.1. The van der Waals surface area contributed by atoms with Crippen LogP contribution in [0.2, 0.25) is 0 Å². The van der Waals surface area contributed by atoms with Crippen molar-refractivity contribution in [2.75, 3.05) is 17.3 Å². The fourth-order valence-electron chi connectivity index (χ4n) is 3.67. The summed E-state index contributed by atoms with van der Waals surface area (Å²) in [7, 11) is 1.73. The van der Waals surface area contributed by atoms with Crippen molar-refractivity contribution in [3.05, 3.63) is 83.3 Å². The first-order valence-corrected chi connectivity index (χ1v) is 11.1. The number of aromatic nitrogens is 1. The molecule has 5 nitrogen and oxygen atoms in total. The monoisotopic (exact) mass is 485 g/mol. The van der Waals surface area contributed by atoms with Crippen LogP contribution in [-0.2, 0) is 28.6 Å². The predicted octanol–water partition coefficient (Wildman–Crippen LogP) is 5.71. The van der Waals surface area contributed by atoms with Gasteiger partial charge in [0.1, 0.15) is 17.4 Å². The second-order valence-corrected chi connectivity index (χ2v) is 8.59. The molecule has 35 heavy (non-hydrogen) atoms. The largest absolute Gasteiger partial charge is 0.416 e. The van der Waals surface area contributed by atoms with Gasteiger partial charge in [0.15, 0.2) is 0 Å². The van der Waals surface area contributed by atoms with E-state index < -0.39 is 23.3 Å². The van der Waals surface area contributed by atoms with Crippen LogP contribution in [0.1, 0.15) is 29.5 Å². The van der Waals surface area contributed by atoms with Crippen molar-refractivity contribution in [3.63, 3.8) is 0 Å². The number of hydrogen-bond acceptors (Lipinski definition) is 4. The number of amides is 1. The van der Waals surface area contributed by atoms with Crippen LogP contribution in [0.15, 0.2) is 60.8 Å². The number of nitrogens with one attached hydrogen (secondary N) is 1. The fraction of sp³-hybridized carbons (Fsp3) is 0.269. The van der Waals surface area contributed by atoms with Crippen molar-refractivity contribution in [1.29, 1.82) is 0 Å². The lowest BCUT2D eigenvalue weighted by Crippen LogP contribution is -2.16. The highest BCUT2D eigenvalue weighted by Gasteiger charge is 2.31. The van der Waals surface area contributed by atoms with E-state index in [1.165, 1.54) is 24.3 Å². The van der Waals surface area contributed by atoms with E-state index in [0.29, 0.717) is 17.2 Å². The SMILES string of the molecule is CN(c1ccnc(NC(=O)C2CC2)c1)c1ccc(CC(=O)Cc2cccc(C(F)(F)F)c2)c(F)c1. The molecule has 0 spiro atoms. The zero-order chi connectivity index (χ0) is 25.2. The molecule has 1 heterocycles. The average Bonchev–Trinajstić information content (AvgIpc) is 3.65. The van der Waals surface area contributed by atoms with E-state index in [1.807, 2.05) is 0 Å². The van der Waals surface area contributed by atoms with Gasteiger partial charge in [0.2, 0.25) is 5.91 Å². The molecule has 1 N–H and O–H groups in total. The van der Waals surface area contributed by atoms with Crippen molar-refractivity contribution < 1.29 is 27.2 Å². The zero-order valence-electron chi connectivity index (χ0n) is 18.9. The zero-order valence-corrected chi connectivity index (χ0v) is 18.9. The van der Waals surface area contributed by atoms with Gasteiger partial charge in [-0.25, -0.2) is 9.37 Å². The summed E-state index contributed by atoms with van der Waals surface area (Å²) in [6.07, 6.45) is -1.66. The topological polar surface area (TPSA) is 62.3 Å². The highest BCUT2D eigenvalue weighted by Crippen LogP contribution is 2.32. The van der Waals surface area contributed by atoms with Gasteiger partial charge in [-0.2, -0.15) is 13.2 Å². The van der Waals surface area contributed by atoms with E-state index in [2.05, 4.69) is 10.3 Å². The van der Waals surface area contributed by atoms with Crippen LogP contribution in [0.25, 0.3) is 0 Å². The van der Waals surface area contributed by atoms with Crippen LogP contribution < -0.4 is 10.2 Å². The number of carbonyl (C=O) groups excluding carboxylic acids is 2. The van der Waals surface area contributed by atoms with Crippen LogP contribution in [0, 0.1) is 11.7 Å². The smallest absolute Gasteiger partial charge is 0.344 e. The summed E-state index contributed by atoms with van der Waals surface area (Å²) >= 11 is 0. The summed E-state index contributed by atoms with van der Waals surface area (Å²) in [5, 5.41) is 2.77. The van der Waals surface area contributed by atoms with E-state index in [0.717, 1.165) is 25.0 Å². The molecule has 1 aliphatic rings. The van der Waals surface area contributed by atoms with Gasteiger partial charge in [-0.1, -0.05) is 24.3 Å². The van der Waals surface area contributed by atoms with E-state index in [9.17, 15) is 27.2 Å².